The van der Waals surface area contributed by atoms with E-state index >= 15 is 0 Å². The van der Waals surface area contributed by atoms with E-state index in [0.29, 0.717) is 16.5 Å². The molecule has 0 bridgehead atoms. The Morgan fingerprint density at radius 1 is 1.15 bits per heavy atom. The molecule has 2 N–H and O–H groups in total. The zero-order valence-electron chi connectivity index (χ0n) is 18.0. The lowest BCUT2D eigenvalue weighted by atomic mass is 10.0. The highest BCUT2D eigenvalue weighted by molar-refractivity contribution is 7.90. The largest absolute Gasteiger partial charge is 0.508 e. The van der Waals surface area contributed by atoms with E-state index in [1.54, 1.807) is 53.6 Å². The first-order valence-corrected chi connectivity index (χ1v) is 12.3. The van der Waals surface area contributed by atoms with Crippen molar-refractivity contribution < 1.29 is 23.4 Å². The molecule has 0 saturated heterocycles. The summed E-state index contributed by atoms with van der Waals surface area (Å²) in [6.45, 7) is 2.08. The third-order valence-electron chi connectivity index (χ3n) is 6.09. The van der Waals surface area contributed by atoms with E-state index < -0.39 is 21.6 Å². The normalized spacial score (nSPS) is 14.1. The number of phenolic OH excluding ortho intramolecular Hbond substituents is 1. The van der Waals surface area contributed by atoms with Crippen molar-refractivity contribution in [1.82, 2.24) is 14.1 Å². The fraction of sp³-hybridized carbons (Fsp3) is 0.250. The average molecular weight is 466 g/mol. The molecule has 2 aromatic heterocycles. The second-order valence-corrected chi connectivity index (χ2v) is 10.5. The van der Waals surface area contributed by atoms with Gasteiger partial charge in [0.1, 0.15) is 5.75 Å². The predicted molar refractivity (Wildman–Crippen MR) is 122 cm³/mol. The molecule has 33 heavy (non-hydrogen) atoms. The highest BCUT2D eigenvalue weighted by Gasteiger charge is 2.35. The number of phenols is 1. The number of hydrogen-bond donors (Lipinski definition) is 2. The minimum absolute atomic E-state index is 0.0365. The molecule has 1 aliphatic carbocycles. The van der Waals surface area contributed by atoms with Crippen LogP contribution in [0.4, 0.5) is 0 Å². The number of carboxylic acids is 1. The first-order valence-electron chi connectivity index (χ1n) is 10.6. The van der Waals surface area contributed by atoms with E-state index in [1.165, 1.54) is 6.07 Å². The lowest BCUT2D eigenvalue weighted by Crippen LogP contribution is -2.13. The van der Waals surface area contributed by atoms with Gasteiger partial charge in [-0.25, -0.2) is 18.2 Å². The number of aromatic nitrogens is 3. The summed E-state index contributed by atoms with van der Waals surface area (Å²) in [5, 5.41) is 21.2. The van der Waals surface area contributed by atoms with Gasteiger partial charge in [0, 0.05) is 35.1 Å². The van der Waals surface area contributed by atoms with Crippen LogP contribution in [0.25, 0.3) is 10.9 Å². The Balaban J connectivity index is 1.74. The molecular weight excluding hydrogens is 442 g/mol. The van der Waals surface area contributed by atoms with Crippen LogP contribution in [0.1, 0.15) is 46.1 Å². The molecule has 0 atom stereocenters. The summed E-state index contributed by atoms with van der Waals surface area (Å²) in [5.41, 5.74) is 2.16. The van der Waals surface area contributed by atoms with Crippen LogP contribution in [-0.2, 0) is 22.1 Å². The van der Waals surface area contributed by atoms with Crippen molar-refractivity contribution in [3.05, 3.63) is 77.5 Å². The second-order valence-electron chi connectivity index (χ2n) is 8.49. The zero-order chi connectivity index (χ0) is 23.3. The van der Waals surface area contributed by atoms with Crippen LogP contribution in [0.3, 0.4) is 0 Å². The molecule has 1 aliphatic rings. The molecule has 0 amide bonds. The standard InChI is InChI=1S/C24H23N3O5S/c1-15-2-6-17(7-3-15)33(31,32)13-20-23(24(29)30)22-18(12-26-11-10-25-14-26)21(28)9-8-19(22)27(20)16-4-5-16/h2-3,6-11,14,16,28H,4-5,12-13H2,1H3,(H,29,30). The van der Waals surface area contributed by atoms with Crippen LogP contribution in [0.2, 0.25) is 0 Å². The number of rotatable bonds is 7. The van der Waals surface area contributed by atoms with E-state index in [9.17, 15) is 23.4 Å². The fourth-order valence-corrected chi connectivity index (χ4v) is 5.73. The first-order chi connectivity index (χ1) is 15.8. The predicted octanol–water partition coefficient (Wildman–Crippen LogP) is 3.91. The number of hydrogen-bond acceptors (Lipinski definition) is 5. The topological polar surface area (TPSA) is 114 Å². The molecule has 0 spiro atoms. The van der Waals surface area contributed by atoms with Crippen molar-refractivity contribution in [3.8, 4) is 5.75 Å². The summed E-state index contributed by atoms with van der Waals surface area (Å²) < 4.78 is 30.2. The Kier molecular flexibility index (Phi) is 5.01. The van der Waals surface area contributed by atoms with E-state index in [-0.39, 0.29) is 34.5 Å². The summed E-state index contributed by atoms with van der Waals surface area (Å²) >= 11 is 0. The van der Waals surface area contributed by atoms with E-state index in [1.807, 2.05) is 11.5 Å². The van der Waals surface area contributed by atoms with Gasteiger partial charge >= 0.3 is 5.97 Å². The van der Waals surface area contributed by atoms with Crippen LogP contribution >= 0.6 is 0 Å². The fourth-order valence-electron chi connectivity index (χ4n) is 4.37. The molecule has 1 saturated carbocycles. The van der Waals surface area contributed by atoms with Gasteiger partial charge in [-0.3, -0.25) is 0 Å². The van der Waals surface area contributed by atoms with Gasteiger partial charge in [-0.15, -0.1) is 0 Å². The lowest BCUT2D eigenvalue weighted by molar-refractivity contribution is 0.0697. The Bertz CT molecular complexity index is 1470. The van der Waals surface area contributed by atoms with Gasteiger partial charge in [0.2, 0.25) is 0 Å². The van der Waals surface area contributed by atoms with E-state index in [4.69, 9.17) is 0 Å². The van der Waals surface area contributed by atoms with Crippen LogP contribution < -0.4 is 0 Å². The maximum absolute atomic E-state index is 13.3. The number of sulfone groups is 1. The van der Waals surface area contributed by atoms with Gasteiger partial charge in [0.25, 0.3) is 0 Å². The number of aromatic hydroxyl groups is 1. The van der Waals surface area contributed by atoms with Crippen LogP contribution in [0, 0.1) is 6.92 Å². The van der Waals surface area contributed by atoms with Crippen molar-refractivity contribution in [3.63, 3.8) is 0 Å². The van der Waals surface area contributed by atoms with Gasteiger partial charge in [0.05, 0.1) is 34.6 Å². The zero-order valence-corrected chi connectivity index (χ0v) is 18.8. The van der Waals surface area contributed by atoms with E-state index in [2.05, 4.69) is 4.98 Å². The van der Waals surface area contributed by atoms with Crippen LogP contribution in [0.5, 0.6) is 5.75 Å². The molecule has 9 heteroatoms. The maximum Gasteiger partial charge on any atom is 0.338 e. The Hall–Kier alpha value is -3.59. The molecule has 2 aromatic carbocycles. The Morgan fingerprint density at radius 2 is 1.88 bits per heavy atom. The number of imidazole rings is 1. The number of aromatic carboxylic acids is 1. The maximum atomic E-state index is 13.3. The smallest absolute Gasteiger partial charge is 0.338 e. The molecule has 0 aliphatic heterocycles. The molecule has 170 valence electrons. The molecule has 1 fully saturated rings. The summed E-state index contributed by atoms with van der Waals surface area (Å²) in [4.78, 5) is 16.7. The summed E-state index contributed by atoms with van der Waals surface area (Å²) in [7, 11) is -3.80. The van der Waals surface area contributed by atoms with Crippen molar-refractivity contribution in [2.45, 2.75) is 43.0 Å². The van der Waals surface area contributed by atoms with Crippen molar-refractivity contribution >= 4 is 26.7 Å². The molecule has 8 nitrogen and oxygen atoms in total. The molecule has 2 heterocycles. The number of benzene rings is 2. The van der Waals surface area contributed by atoms with Gasteiger partial charge in [-0.05, 0) is 44.0 Å². The number of carboxylic acid groups (broad SMARTS) is 1. The third kappa shape index (κ3) is 3.78. The van der Waals surface area contributed by atoms with Crippen LogP contribution in [0.15, 0.2) is 60.0 Å². The van der Waals surface area contributed by atoms with Crippen molar-refractivity contribution in [2.24, 2.45) is 0 Å². The second kappa shape index (κ2) is 7.77. The van der Waals surface area contributed by atoms with Gasteiger partial charge in [-0.2, -0.15) is 0 Å². The Labute approximate surface area is 190 Å². The highest BCUT2D eigenvalue weighted by atomic mass is 32.2. The van der Waals surface area contributed by atoms with E-state index in [0.717, 1.165) is 18.4 Å². The number of nitrogens with zero attached hydrogens (tertiary/aromatic N) is 3. The number of aryl methyl sites for hydroxylation is 1. The summed E-state index contributed by atoms with van der Waals surface area (Å²) in [5.74, 6) is -1.70. The van der Waals surface area contributed by atoms with Crippen molar-refractivity contribution in [1.29, 1.82) is 0 Å². The van der Waals surface area contributed by atoms with Gasteiger partial charge in [-0.1, -0.05) is 17.7 Å². The Morgan fingerprint density at radius 3 is 2.48 bits per heavy atom. The average Bonchev–Trinajstić information content (AvgIpc) is 3.35. The third-order valence-corrected chi connectivity index (χ3v) is 7.73. The highest BCUT2D eigenvalue weighted by Crippen LogP contribution is 2.44. The summed E-state index contributed by atoms with van der Waals surface area (Å²) in [6, 6.07) is 9.80. The SMILES string of the molecule is Cc1ccc(S(=O)(=O)Cc2c(C(=O)O)c3c(Cn4ccnc4)c(O)ccc3n2C2CC2)cc1. The minimum atomic E-state index is -3.80. The molecule has 0 radical (unpaired) electrons. The van der Waals surface area contributed by atoms with Crippen molar-refractivity contribution in [2.75, 3.05) is 0 Å². The number of carbonyl (C=O) groups is 1. The summed E-state index contributed by atoms with van der Waals surface area (Å²) in [6.07, 6.45) is 6.60. The molecule has 0 unspecified atom stereocenters. The van der Waals surface area contributed by atoms with Gasteiger partial charge in [0.15, 0.2) is 9.84 Å². The van der Waals surface area contributed by atoms with Gasteiger partial charge < -0.3 is 19.3 Å². The monoisotopic (exact) mass is 465 g/mol. The minimum Gasteiger partial charge on any atom is -0.508 e. The number of fused-ring (bicyclic) bond motifs is 1. The quantitative estimate of drug-likeness (QED) is 0.428. The first kappa shape index (κ1) is 21.3. The van der Waals surface area contributed by atoms with Crippen LogP contribution in [-0.4, -0.2) is 38.7 Å². The molecular formula is C24H23N3O5S. The molecule has 5 rings (SSSR count). The molecule has 4 aromatic rings. The lowest BCUT2D eigenvalue weighted by Gasteiger charge is -2.12.